The minimum absolute atomic E-state index is 0.0922. The first-order chi connectivity index (χ1) is 8.83. The lowest BCUT2D eigenvalue weighted by Crippen LogP contribution is -2.46. The van der Waals surface area contributed by atoms with Crippen LogP contribution in [0.1, 0.15) is 31.0 Å². The Hall–Kier alpha value is -0.950. The van der Waals surface area contributed by atoms with Crippen molar-refractivity contribution in [2.24, 2.45) is 5.73 Å². The van der Waals surface area contributed by atoms with Crippen LogP contribution in [-0.2, 0) is 16.6 Å². The van der Waals surface area contributed by atoms with Crippen molar-refractivity contribution < 1.29 is 8.42 Å². The van der Waals surface area contributed by atoms with Crippen molar-refractivity contribution in [3.05, 3.63) is 35.4 Å². The van der Waals surface area contributed by atoms with Gasteiger partial charge in [0, 0.05) is 19.1 Å². The van der Waals surface area contributed by atoms with E-state index in [2.05, 4.69) is 4.72 Å². The fraction of sp³-hybridized carbons (Fsp3) is 0.538. The summed E-state index contributed by atoms with van der Waals surface area (Å²) >= 11 is 0. The maximum Gasteiger partial charge on any atom is 0.280 e. The van der Waals surface area contributed by atoms with Gasteiger partial charge in [-0.05, 0) is 31.4 Å². The molecule has 106 valence electrons. The highest BCUT2D eigenvalue weighted by molar-refractivity contribution is 7.87. The maximum atomic E-state index is 12.2. The van der Waals surface area contributed by atoms with Gasteiger partial charge >= 0.3 is 0 Å². The second kappa shape index (κ2) is 5.20. The topological polar surface area (TPSA) is 75.4 Å². The van der Waals surface area contributed by atoms with Gasteiger partial charge in [-0.3, -0.25) is 0 Å². The third-order valence-corrected chi connectivity index (χ3v) is 5.39. The quantitative estimate of drug-likeness (QED) is 0.857. The molecule has 0 aliphatic heterocycles. The molecule has 0 aromatic heterocycles. The average Bonchev–Trinajstić information content (AvgIpc) is 2.65. The minimum Gasteiger partial charge on any atom is -0.326 e. The van der Waals surface area contributed by atoms with Crippen LogP contribution in [0.4, 0.5) is 0 Å². The summed E-state index contributed by atoms with van der Waals surface area (Å²) in [7, 11) is -1.95. The zero-order valence-corrected chi connectivity index (χ0v) is 12.3. The average molecular weight is 283 g/mol. The number of nitrogens with zero attached hydrogens (tertiary/aromatic N) is 1. The van der Waals surface area contributed by atoms with Crippen molar-refractivity contribution in [1.29, 1.82) is 0 Å². The molecule has 1 aromatic carbocycles. The van der Waals surface area contributed by atoms with E-state index in [0.29, 0.717) is 6.42 Å². The highest BCUT2D eigenvalue weighted by Gasteiger charge is 2.34. The van der Waals surface area contributed by atoms with Crippen LogP contribution in [-0.4, -0.2) is 31.9 Å². The molecule has 2 unspecified atom stereocenters. The lowest BCUT2D eigenvalue weighted by atomic mass is 10.1. The third kappa shape index (κ3) is 2.81. The van der Waals surface area contributed by atoms with E-state index in [1.807, 2.05) is 38.1 Å². The van der Waals surface area contributed by atoms with Crippen LogP contribution >= 0.6 is 0 Å². The summed E-state index contributed by atoms with van der Waals surface area (Å²) in [4.78, 5) is 0. The summed E-state index contributed by atoms with van der Waals surface area (Å²) < 4.78 is 28.5. The first-order valence-electron chi connectivity index (χ1n) is 6.41. The first kappa shape index (κ1) is 14.5. The van der Waals surface area contributed by atoms with Crippen molar-refractivity contribution in [3.63, 3.8) is 0 Å². The zero-order chi connectivity index (χ0) is 14.2. The molecule has 2 rings (SSSR count). The Labute approximate surface area is 115 Å². The molecule has 5 nitrogen and oxygen atoms in total. The smallest absolute Gasteiger partial charge is 0.280 e. The van der Waals surface area contributed by atoms with Gasteiger partial charge in [-0.25, -0.2) is 0 Å². The third-order valence-electron chi connectivity index (χ3n) is 3.66. The second-order valence-electron chi connectivity index (χ2n) is 5.28. The SMILES string of the molecule is CC(C)N(C)S(=O)(=O)NC1c2ccccc2CC1N. The van der Waals surface area contributed by atoms with Gasteiger partial charge in [-0.15, -0.1) is 0 Å². The highest BCUT2D eigenvalue weighted by Crippen LogP contribution is 2.30. The van der Waals surface area contributed by atoms with Gasteiger partial charge in [0.2, 0.25) is 0 Å². The first-order valence-corrected chi connectivity index (χ1v) is 7.85. The van der Waals surface area contributed by atoms with Gasteiger partial charge < -0.3 is 5.73 Å². The lowest BCUT2D eigenvalue weighted by molar-refractivity contribution is 0.391. The lowest BCUT2D eigenvalue weighted by Gasteiger charge is -2.25. The molecule has 0 radical (unpaired) electrons. The normalized spacial score (nSPS) is 23.1. The summed E-state index contributed by atoms with van der Waals surface area (Å²) in [6.45, 7) is 3.67. The molecule has 19 heavy (non-hydrogen) atoms. The fourth-order valence-electron chi connectivity index (χ4n) is 2.30. The van der Waals surface area contributed by atoms with Crippen LogP contribution in [0.2, 0.25) is 0 Å². The molecular weight excluding hydrogens is 262 g/mol. The second-order valence-corrected chi connectivity index (χ2v) is 7.04. The number of fused-ring (bicyclic) bond motifs is 1. The summed E-state index contributed by atoms with van der Waals surface area (Å²) in [5.74, 6) is 0. The van der Waals surface area contributed by atoms with Gasteiger partial charge in [0.15, 0.2) is 0 Å². The summed E-state index contributed by atoms with van der Waals surface area (Å²) in [5, 5.41) is 0. The van der Waals surface area contributed by atoms with E-state index in [1.165, 1.54) is 4.31 Å². The van der Waals surface area contributed by atoms with E-state index in [4.69, 9.17) is 5.73 Å². The molecular formula is C13H21N3O2S. The molecule has 0 spiro atoms. The highest BCUT2D eigenvalue weighted by atomic mass is 32.2. The van der Waals surface area contributed by atoms with Gasteiger partial charge in [-0.1, -0.05) is 24.3 Å². The molecule has 1 aromatic rings. The molecule has 0 saturated heterocycles. The van der Waals surface area contributed by atoms with Gasteiger partial charge in [0.1, 0.15) is 0 Å². The number of nitrogens with two attached hydrogens (primary N) is 1. The number of rotatable bonds is 4. The van der Waals surface area contributed by atoms with Gasteiger partial charge in [0.25, 0.3) is 10.2 Å². The Morgan fingerprint density at radius 3 is 2.63 bits per heavy atom. The number of nitrogens with one attached hydrogen (secondary N) is 1. The predicted octanol–water partition coefficient (Wildman–Crippen LogP) is 0.786. The van der Waals surface area contributed by atoms with E-state index in [1.54, 1.807) is 7.05 Å². The van der Waals surface area contributed by atoms with Crippen LogP contribution in [0.25, 0.3) is 0 Å². The zero-order valence-electron chi connectivity index (χ0n) is 11.5. The summed E-state index contributed by atoms with van der Waals surface area (Å²) in [6.07, 6.45) is 0.703. The van der Waals surface area contributed by atoms with Gasteiger partial charge in [0.05, 0.1) is 6.04 Å². The largest absolute Gasteiger partial charge is 0.326 e. The fourth-order valence-corrected chi connectivity index (χ4v) is 3.64. The molecule has 2 atom stereocenters. The molecule has 6 heteroatoms. The predicted molar refractivity (Wildman–Crippen MR) is 75.8 cm³/mol. The van der Waals surface area contributed by atoms with E-state index < -0.39 is 10.2 Å². The molecule has 0 amide bonds. The van der Waals surface area contributed by atoms with Crippen molar-refractivity contribution in [3.8, 4) is 0 Å². The summed E-state index contributed by atoms with van der Waals surface area (Å²) in [6, 6.07) is 7.13. The molecule has 0 saturated carbocycles. The maximum absolute atomic E-state index is 12.2. The van der Waals surface area contributed by atoms with Crippen LogP contribution < -0.4 is 10.5 Å². The van der Waals surface area contributed by atoms with E-state index in [-0.39, 0.29) is 18.1 Å². The Bertz CT molecular complexity index is 557. The van der Waals surface area contributed by atoms with E-state index in [0.717, 1.165) is 11.1 Å². The number of hydrogen-bond donors (Lipinski definition) is 2. The van der Waals surface area contributed by atoms with E-state index >= 15 is 0 Å². The van der Waals surface area contributed by atoms with Crippen LogP contribution in [0, 0.1) is 0 Å². The number of hydrogen-bond acceptors (Lipinski definition) is 3. The van der Waals surface area contributed by atoms with Crippen LogP contribution in [0.5, 0.6) is 0 Å². The minimum atomic E-state index is -3.52. The molecule has 3 N–H and O–H groups in total. The van der Waals surface area contributed by atoms with Crippen LogP contribution in [0.15, 0.2) is 24.3 Å². The molecule has 1 aliphatic rings. The van der Waals surface area contributed by atoms with Crippen molar-refractivity contribution in [2.75, 3.05) is 7.05 Å². The van der Waals surface area contributed by atoms with Crippen molar-refractivity contribution >= 4 is 10.2 Å². The van der Waals surface area contributed by atoms with Gasteiger partial charge in [-0.2, -0.15) is 17.4 Å². The molecule has 0 heterocycles. The Morgan fingerprint density at radius 2 is 2.00 bits per heavy atom. The van der Waals surface area contributed by atoms with Crippen molar-refractivity contribution in [2.45, 2.75) is 38.4 Å². The molecule has 0 fully saturated rings. The Kier molecular flexibility index (Phi) is 3.96. The van der Waals surface area contributed by atoms with Crippen molar-refractivity contribution in [1.82, 2.24) is 9.03 Å². The molecule has 0 bridgehead atoms. The van der Waals surface area contributed by atoms with E-state index in [9.17, 15) is 8.42 Å². The Morgan fingerprint density at radius 1 is 1.37 bits per heavy atom. The number of benzene rings is 1. The standard InChI is InChI=1S/C13H21N3O2S/c1-9(2)16(3)19(17,18)15-13-11-7-5-4-6-10(11)8-12(13)14/h4-7,9,12-13,15H,8,14H2,1-3H3. The monoisotopic (exact) mass is 283 g/mol. The molecule has 1 aliphatic carbocycles. The summed E-state index contributed by atoms with van der Waals surface area (Å²) in [5.41, 5.74) is 8.17. The Balaban J connectivity index is 2.25. The van der Waals surface area contributed by atoms with Crippen LogP contribution in [0.3, 0.4) is 0 Å².